The summed E-state index contributed by atoms with van der Waals surface area (Å²) in [6.07, 6.45) is 1.43. The monoisotopic (exact) mass is 483 g/mol. The van der Waals surface area contributed by atoms with Gasteiger partial charge in [0.05, 0.1) is 15.9 Å². The molecule has 1 fully saturated rings. The highest BCUT2D eigenvalue weighted by molar-refractivity contribution is 9.11. The molecule has 0 radical (unpaired) electrons. The number of phenolic OH excluding ortho intramolecular Hbond substituents is 2. The molecule has 1 aliphatic rings. The topological polar surface area (TPSA) is 77.8 Å². The van der Waals surface area contributed by atoms with Crippen LogP contribution in [0, 0.1) is 0 Å². The predicted molar refractivity (Wildman–Crippen MR) is 103 cm³/mol. The molecular formula is C17H11Br2NO4S. The second kappa shape index (κ2) is 7.23. The normalized spacial score (nSPS) is 16.1. The van der Waals surface area contributed by atoms with Crippen LogP contribution in [0.4, 0.5) is 4.79 Å². The van der Waals surface area contributed by atoms with Gasteiger partial charge in [0.15, 0.2) is 0 Å². The van der Waals surface area contributed by atoms with Gasteiger partial charge in [-0.3, -0.25) is 14.5 Å². The molecule has 2 aromatic rings. The van der Waals surface area contributed by atoms with Crippen molar-refractivity contribution in [3.63, 3.8) is 0 Å². The zero-order chi connectivity index (χ0) is 18.1. The molecular weight excluding hydrogens is 474 g/mol. The summed E-state index contributed by atoms with van der Waals surface area (Å²) in [6, 6.07) is 10.7. The van der Waals surface area contributed by atoms with E-state index < -0.39 is 5.91 Å². The number of benzene rings is 2. The molecule has 0 saturated carbocycles. The maximum Gasteiger partial charge on any atom is 0.293 e. The summed E-state index contributed by atoms with van der Waals surface area (Å²) in [4.78, 5) is 26.1. The molecule has 8 heteroatoms. The van der Waals surface area contributed by atoms with Crippen LogP contribution >= 0.6 is 43.6 Å². The standard InChI is InChI=1S/C17H11Br2NO4S/c18-11-6-10(14(21)13(19)15(11)22)7-12-16(23)20(17(24)25-12)8-9-4-2-1-3-5-9/h1-7,21-22H,8H2/b12-7-. The molecule has 1 aliphatic heterocycles. The van der Waals surface area contributed by atoms with Crippen LogP contribution in [0.15, 0.2) is 50.2 Å². The van der Waals surface area contributed by atoms with E-state index in [1.54, 1.807) is 0 Å². The first-order valence-corrected chi connectivity index (χ1v) is 9.48. The fourth-order valence-corrected chi connectivity index (χ4v) is 4.25. The molecule has 25 heavy (non-hydrogen) atoms. The Morgan fingerprint density at radius 2 is 1.76 bits per heavy atom. The number of nitrogens with zero attached hydrogens (tertiary/aromatic N) is 1. The van der Waals surface area contributed by atoms with E-state index in [9.17, 15) is 19.8 Å². The first-order chi connectivity index (χ1) is 11.9. The van der Waals surface area contributed by atoms with Crippen molar-refractivity contribution in [1.82, 2.24) is 4.90 Å². The molecule has 2 amide bonds. The molecule has 5 nitrogen and oxygen atoms in total. The minimum atomic E-state index is -0.418. The lowest BCUT2D eigenvalue weighted by molar-refractivity contribution is -0.123. The van der Waals surface area contributed by atoms with Gasteiger partial charge in [-0.25, -0.2) is 0 Å². The Balaban J connectivity index is 1.91. The van der Waals surface area contributed by atoms with Crippen LogP contribution in [0.1, 0.15) is 11.1 Å². The van der Waals surface area contributed by atoms with Gasteiger partial charge in [-0.2, -0.15) is 0 Å². The van der Waals surface area contributed by atoms with Gasteiger partial charge in [-0.1, -0.05) is 30.3 Å². The maximum absolute atomic E-state index is 12.5. The summed E-state index contributed by atoms with van der Waals surface area (Å²) in [7, 11) is 0. The summed E-state index contributed by atoms with van der Waals surface area (Å²) < 4.78 is 0.462. The van der Waals surface area contributed by atoms with Crippen molar-refractivity contribution < 1.29 is 19.8 Å². The van der Waals surface area contributed by atoms with Crippen molar-refractivity contribution in [3.05, 3.63) is 61.4 Å². The van der Waals surface area contributed by atoms with Crippen LogP contribution < -0.4 is 0 Å². The molecule has 3 rings (SSSR count). The molecule has 1 heterocycles. The van der Waals surface area contributed by atoms with Gasteiger partial charge in [0.25, 0.3) is 11.1 Å². The van der Waals surface area contributed by atoms with Crippen molar-refractivity contribution in [2.45, 2.75) is 6.54 Å². The molecule has 1 saturated heterocycles. The molecule has 0 unspecified atom stereocenters. The van der Waals surface area contributed by atoms with E-state index in [1.165, 1.54) is 12.1 Å². The number of hydrogen-bond donors (Lipinski definition) is 2. The Bertz CT molecular complexity index is 899. The lowest BCUT2D eigenvalue weighted by Gasteiger charge is -2.12. The van der Waals surface area contributed by atoms with Crippen LogP contribution in [0.25, 0.3) is 6.08 Å². The first-order valence-electron chi connectivity index (χ1n) is 7.07. The molecule has 0 spiro atoms. The van der Waals surface area contributed by atoms with Gasteiger partial charge in [-0.05, 0) is 61.3 Å². The van der Waals surface area contributed by atoms with Gasteiger partial charge in [-0.15, -0.1) is 0 Å². The Kier molecular flexibility index (Phi) is 5.21. The Labute approximate surface area is 164 Å². The smallest absolute Gasteiger partial charge is 0.293 e. The fourth-order valence-electron chi connectivity index (χ4n) is 2.27. The lowest BCUT2D eigenvalue weighted by Crippen LogP contribution is -2.27. The van der Waals surface area contributed by atoms with Crippen LogP contribution in [0.5, 0.6) is 11.5 Å². The number of aromatic hydroxyl groups is 2. The van der Waals surface area contributed by atoms with Crippen molar-refractivity contribution >= 4 is 60.8 Å². The van der Waals surface area contributed by atoms with Crippen LogP contribution in [0.2, 0.25) is 0 Å². The highest BCUT2D eigenvalue weighted by atomic mass is 79.9. The number of amides is 2. The SMILES string of the molecule is O=C1S/C(=C\c2cc(Br)c(O)c(Br)c2O)C(=O)N1Cc1ccccc1. The zero-order valence-electron chi connectivity index (χ0n) is 12.6. The largest absolute Gasteiger partial charge is 0.506 e. The first kappa shape index (κ1) is 18.0. The second-order valence-electron chi connectivity index (χ2n) is 5.21. The highest BCUT2D eigenvalue weighted by Crippen LogP contribution is 2.43. The summed E-state index contributed by atoms with van der Waals surface area (Å²) in [5, 5.41) is 19.5. The van der Waals surface area contributed by atoms with Gasteiger partial charge in [0.2, 0.25) is 0 Å². The van der Waals surface area contributed by atoms with E-state index in [0.29, 0.717) is 10.0 Å². The number of hydrogen-bond acceptors (Lipinski definition) is 5. The van der Waals surface area contributed by atoms with Gasteiger partial charge >= 0.3 is 0 Å². The van der Waals surface area contributed by atoms with Crippen molar-refractivity contribution in [2.75, 3.05) is 0 Å². The fraction of sp³-hybridized carbons (Fsp3) is 0.0588. The molecule has 2 aromatic carbocycles. The average Bonchev–Trinajstić information content (AvgIpc) is 2.86. The van der Waals surface area contributed by atoms with E-state index in [4.69, 9.17) is 0 Å². The number of thioether (sulfide) groups is 1. The van der Waals surface area contributed by atoms with Crippen molar-refractivity contribution in [3.8, 4) is 11.5 Å². The van der Waals surface area contributed by atoms with Gasteiger partial charge < -0.3 is 10.2 Å². The molecule has 128 valence electrons. The van der Waals surface area contributed by atoms with Crippen LogP contribution in [-0.4, -0.2) is 26.3 Å². The number of carbonyl (C=O) groups is 2. The van der Waals surface area contributed by atoms with E-state index in [2.05, 4.69) is 31.9 Å². The number of rotatable bonds is 3. The van der Waals surface area contributed by atoms with E-state index in [0.717, 1.165) is 22.2 Å². The van der Waals surface area contributed by atoms with Crippen molar-refractivity contribution in [2.24, 2.45) is 0 Å². The third-order valence-corrected chi connectivity index (χ3v) is 5.80. The third-order valence-electron chi connectivity index (χ3n) is 3.54. The van der Waals surface area contributed by atoms with Crippen LogP contribution in [0.3, 0.4) is 0 Å². The Morgan fingerprint density at radius 3 is 2.44 bits per heavy atom. The number of imide groups is 1. The molecule has 0 bridgehead atoms. The maximum atomic E-state index is 12.5. The predicted octanol–water partition coefficient (Wildman–Crippen LogP) is 4.86. The average molecular weight is 485 g/mol. The Hall–Kier alpha value is -1.77. The lowest BCUT2D eigenvalue weighted by atomic mass is 10.1. The quantitative estimate of drug-likeness (QED) is 0.608. The summed E-state index contributed by atoms with van der Waals surface area (Å²) in [6.45, 7) is 0.192. The second-order valence-corrected chi connectivity index (χ2v) is 7.85. The summed E-state index contributed by atoms with van der Waals surface area (Å²) >= 11 is 7.07. The number of carbonyl (C=O) groups excluding carboxylic acids is 2. The van der Waals surface area contributed by atoms with Gasteiger partial charge in [0.1, 0.15) is 16.0 Å². The zero-order valence-corrected chi connectivity index (χ0v) is 16.6. The summed E-state index contributed by atoms with van der Waals surface area (Å²) in [5.74, 6) is -0.777. The minimum absolute atomic E-state index is 0.108. The van der Waals surface area contributed by atoms with Crippen LogP contribution in [-0.2, 0) is 11.3 Å². The number of halogens is 2. The third kappa shape index (κ3) is 3.61. The van der Waals surface area contributed by atoms with Gasteiger partial charge in [0, 0.05) is 5.56 Å². The van der Waals surface area contributed by atoms with Crippen molar-refractivity contribution in [1.29, 1.82) is 0 Å². The minimum Gasteiger partial charge on any atom is -0.506 e. The summed E-state index contributed by atoms with van der Waals surface area (Å²) in [5.41, 5.74) is 1.16. The van der Waals surface area contributed by atoms with E-state index in [1.807, 2.05) is 30.3 Å². The van der Waals surface area contributed by atoms with E-state index in [-0.39, 0.29) is 32.7 Å². The number of phenols is 2. The molecule has 2 N–H and O–H groups in total. The molecule has 0 aromatic heterocycles. The van der Waals surface area contributed by atoms with E-state index >= 15 is 0 Å². The molecule has 0 atom stereocenters. The Morgan fingerprint density at radius 1 is 1.08 bits per heavy atom. The highest BCUT2D eigenvalue weighted by Gasteiger charge is 2.35. The molecule has 0 aliphatic carbocycles.